The quantitative estimate of drug-likeness (QED) is 0.142. The maximum atomic E-state index is 12.4. The van der Waals surface area contributed by atoms with Gasteiger partial charge in [0.05, 0.1) is 9.40 Å². The molecule has 5 heterocycles. The molecule has 0 fully saturated rings. The number of rotatable bonds is 8. The van der Waals surface area contributed by atoms with Crippen LogP contribution >= 0.6 is 45.3 Å². The summed E-state index contributed by atoms with van der Waals surface area (Å²) in [6, 6.07) is 116. The van der Waals surface area contributed by atoms with Gasteiger partial charge in [-0.3, -0.25) is 19.2 Å². The Morgan fingerprint density at radius 2 is 0.616 bits per heavy atom. The van der Waals surface area contributed by atoms with E-state index < -0.39 is 0 Å². The number of hydrogen-bond donors (Lipinski definition) is 0. The van der Waals surface area contributed by atoms with Gasteiger partial charge in [-0.2, -0.15) is 0 Å². The molecule has 0 saturated heterocycles. The van der Waals surface area contributed by atoms with Crippen LogP contribution in [0.5, 0.6) is 0 Å². The number of carbonyl (C=O) groups is 4. The van der Waals surface area contributed by atoms with Gasteiger partial charge in [0, 0.05) is 89.7 Å². The van der Waals surface area contributed by atoms with E-state index in [1.165, 1.54) is 82.1 Å². The molecule has 0 radical (unpaired) electrons. The van der Waals surface area contributed by atoms with Crippen LogP contribution in [0.4, 0.5) is 0 Å². The number of benzene rings is 15. The fourth-order valence-corrected chi connectivity index (χ4v) is 17.8. The van der Waals surface area contributed by atoms with E-state index in [1.54, 1.807) is 0 Å². The number of fused-ring (bicyclic) bond motifs is 12. The average molecular weight is 1530 g/mol. The van der Waals surface area contributed by atoms with Crippen LogP contribution < -0.4 is 0 Å². The van der Waals surface area contributed by atoms with Gasteiger partial charge in [-0.25, -0.2) is 0 Å². The summed E-state index contributed by atoms with van der Waals surface area (Å²) in [7, 11) is 0. The van der Waals surface area contributed by atoms with Crippen molar-refractivity contribution in [2.24, 2.45) is 0 Å². The summed E-state index contributed by atoms with van der Waals surface area (Å²) in [5.74, 6) is 0.315. The zero-order valence-corrected chi connectivity index (χ0v) is 66.5. The second-order valence-electron chi connectivity index (χ2n) is 27.8. The second kappa shape index (κ2) is 35.4. The first-order valence-corrected chi connectivity index (χ1v) is 40.4. The van der Waals surface area contributed by atoms with Crippen molar-refractivity contribution in [3.63, 3.8) is 0 Å². The Balaban J connectivity index is 0.000000109. The minimum absolute atomic E-state index is 0.0748. The van der Waals surface area contributed by atoms with Crippen LogP contribution in [-0.2, 0) is 0 Å². The number of carbonyl (C=O) groups excluding carboxylic acids is 4. The predicted molar refractivity (Wildman–Crippen MR) is 479 cm³/mol. The van der Waals surface area contributed by atoms with Gasteiger partial charge in [0.25, 0.3) is 0 Å². The minimum atomic E-state index is 0.0748. The molecule has 0 bridgehead atoms. The third kappa shape index (κ3) is 18.5. The molecule has 546 valence electrons. The largest absolute Gasteiger partial charge is 0.456 e. The van der Waals surface area contributed by atoms with Gasteiger partial charge in [0.1, 0.15) is 11.2 Å². The highest BCUT2D eigenvalue weighted by atomic mass is 32.1. The van der Waals surface area contributed by atoms with Crippen molar-refractivity contribution >= 4 is 162 Å². The standard InChI is InChI=1S/2C18H14O.C15H10S2.2C14H12O.C13H10O.C11H8S2/c1-13-5-4-8-16(11-13)18(19)17-10-9-14-6-2-3-7-15(14)12-17;1-13-6-8-15(9-7-13)18(19)17-11-10-14-4-2-3-5-16(14)12-17;1-9-6-7-11-13(8-9)17-14-10-4-2-3-5-12(10)16-15(11)14;1-11-6-5-9-13(10-11)14(15)12-7-3-2-4-8-12;1-11-7-9-13(10-8-11)14(15)12-5-3-2-4-6-12;1-9-6-7-11-10-4-2-3-5-12(10)14-13(11)8-9;1-7-4-9-6-10-8(2-3-12-10)5-11(9)13-7/h2*2-12H,1H3;2-8H,1H3;2*2-10H,1H3;2-8H,1H3;2-6H,1H3. The Labute approximate surface area is 668 Å². The molecule has 0 aliphatic heterocycles. The second-order valence-corrected chi connectivity index (χ2v) is 32.1. The molecule has 20 aromatic rings. The Morgan fingerprint density at radius 1 is 0.223 bits per heavy atom. The fourth-order valence-electron chi connectivity index (χ4n) is 13.3. The van der Waals surface area contributed by atoms with E-state index in [1.807, 2.05) is 322 Å². The maximum Gasteiger partial charge on any atom is 0.193 e. The predicted octanol–water partition coefficient (Wildman–Crippen LogP) is 29.1. The molecular weight excluding hydrogens is 1450 g/mol. The molecule has 0 atom stereocenters. The highest BCUT2D eigenvalue weighted by molar-refractivity contribution is 7.36. The number of aryl methyl sites for hydroxylation is 7. The lowest BCUT2D eigenvalue weighted by Crippen LogP contribution is -2.01. The van der Waals surface area contributed by atoms with Crippen molar-refractivity contribution in [2.45, 2.75) is 48.5 Å². The highest BCUT2D eigenvalue weighted by Gasteiger charge is 2.15. The van der Waals surface area contributed by atoms with Crippen LogP contribution in [0.15, 0.2) is 362 Å². The lowest BCUT2D eigenvalue weighted by Gasteiger charge is -2.04. The smallest absolute Gasteiger partial charge is 0.193 e. The summed E-state index contributed by atoms with van der Waals surface area (Å²) in [5, 5.41) is 14.6. The summed E-state index contributed by atoms with van der Waals surface area (Å²) >= 11 is 7.53. The first-order valence-electron chi connectivity index (χ1n) is 37.1. The Hall–Kier alpha value is -12.6. The van der Waals surface area contributed by atoms with Crippen molar-refractivity contribution in [3.8, 4) is 0 Å². The topological polar surface area (TPSA) is 81.4 Å². The van der Waals surface area contributed by atoms with Gasteiger partial charge in [0.2, 0.25) is 0 Å². The van der Waals surface area contributed by atoms with Crippen molar-refractivity contribution < 1.29 is 23.6 Å². The summed E-state index contributed by atoms with van der Waals surface area (Å²) < 4.78 is 14.2. The third-order valence-corrected chi connectivity index (χ3v) is 23.6. The number of thiophene rings is 4. The van der Waals surface area contributed by atoms with Crippen LogP contribution in [0.1, 0.15) is 102 Å². The number of para-hydroxylation sites is 1. The molecular formula is C103H80O5S4. The lowest BCUT2D eigenvalue weighted by molar-refractivity contribution is 0.103. The highest BCUT2D eigenvalue weighted by Crippen LogP contribution is 2.44. The number of furan rings is 1. The van der Waals surface area contributed by atoms with Crippen molar-refractivity contribution in [1.29, 1.82) is 0 Å². The zero-order valence-electron chi connectivity index (χ0n) is 63.2. The molecule has 5 aromatic heterocycles. The maximum absolute atomic E-state index is 12.4. The summed E-state index contributed by atoms with van der Waals surface area (Å²) in [5.41, 5.74) is 15.0. The van der Waals surface area contributed by atoms with E-state index in [0.717, 1.165) is 93.9 Å². The fraction of sp³-hybridized carbons (Fsp3) is 0.0680. The number of ketones is 4. The normalized spacial score (nSPS) is 10.8. The van der Waals surface area contributed by atoms with E-state index in [9.17, 15) is 19.2 Å². The minimum Gasteiger partial charge on any atom is -0.456 e. The molecule has 112 heavy (non-hydrogen) atoms. The van der Waals surface area contributed by atoms with E-state index in [-0.39, 0.29) is 23.1 Å². The molecule has 0 saturated carbocycles. The molecule has 0 N–H and O–H groups in total. The van der Waals surface area contributed by atoms with Gasteiger partial charge in [0.15, 0.2) is 23.1 Å². The molecule has 0 aliphatic rings. The van der Waals surface area contributed by atoms with Crippen LogP contribution in [0.3, 0.4) is 0 Å². The van der Waals surface area contributed by atoms with Gasteiger partial charge < -0.3 is 4.42 Å². The van der Waals surface area contributed by atoms with Crippen molar-refractivity contribution in [3.05, 3.63) is 440 Å². The first kappa shape index (κ1) is 76.2. The molecule has 20 rings (SSSR count). The Bertz CT molecular complexity index is 6680. The van der Waals surface area contributed by atoms with E-state index >= 15 is 0 Å². The third-order valence-electron chi connectivity index (χ3n) is 19.2. The summed E-state index contributed by atoms with van der Waals surface area (Å²) in [6.45, 7) is 14.4. The first-order chi connectivity index (χ1) is 54.5. The Kier molecular flexibility index (Phi) is 24.1. The van der Waals surface area contributed by atoms with Gasteiger partial charge in [-0.05, 0) is 170 Å². The summed E-state index contributed by atoms with van der Waals surface area (Å²) in [4.78, 5) is 50.2. The van der Waals surface area contributed by atoms with E-state index in [2.05, 4.69) is 129 Å². The molecule has 0 aliphatic carbocycles. The molecule has 0 spiro atoms. The van der Waals surface area contributed by atoms with Crippen LogP contribution in [-0.4, -0.2) is 23.1 Å². The van der Waals surface area contributed by atoms with Crippen LogP contribution in [0.2, 0.25) is 0 Å². The van der Waals surface area contributed by atoms with E-state index in [0.29, 0.717) is 0 Å². The van der Waals surface area contributed by atoms with Crippen molar-refractivity contribution in [1.82, 2.24) is 0 Å². The van der Waals surface area contributed by atoms with Gasteiger partial charge in [-0.15, -0.1) is 45.3 Å². The van der Waals surface area contributed by atoms with Crippen LogP contribution in [0, 0.1) is 48.5 Å². The zero-order chi connectivity index (χ0) is 77.6. The molecule has 9 heteroatoms. The molecule has 15 aromatic carbocycles. The molecule has 0 amide bonds. The monoisotopic (exact) mass is 1520 g/mol. The summed E-state index contributed by atoms with van der Waals surface area (Å²) in [6.07, 6.45) is 0. The molecule has 0 unspecified atom stereocenters. The van der Waals surface area contributed by atoms with Crippen molar-refractivity contribution in [2.75, 3.05) is 0 Å². The lowest BCUT2D eigenvalue weighted by atomic mass is 9.99. The van der Waals surface area contributed by atoms with Gasteiger partial charge in [-0.1, -0.05) is 301 Å². The SMILES string of the molecule is Cc1cc2cc3sccc3cc2s1.Cc1ccc(C(=O)c2ccc3ccccc3c2)cc1.Cc1ccc(C(=O)c2ccccc2)cc1.Cc1ccc2c(c1)oc1ccccc12.Cc1ccc2c(c1)sc1c3ccccc3sc21.Cc1cccc(C(=O)c2ccc3ccccc3c2)c1.Cc1cccc(C(=O)c2ccccc2)c1. The van der Waals surface area contributed by atoms with Crippen LogP contribution in [0.25, 0.3) is 93.2 Å². The van der Waals surface area contributed by atoms with Gasteiger partial charge >= 0.3 is 0 Å². The Morgan fingerprint density at radius 3 is 1.18 bits per heavy atom. The van der Waals surface area contributed by atoms with E-state index in [4.69, 9.17) is 4.42 Å². The molecule has 5 nitrogen and oxygen atoms in total. The average Bonchev–Trinajstić information content (AvgIpc) is 1.59. The number of hydrogen-bond acceptors (Lipinski definition) is 9.